The zero-order valence-corrected chi connectivity index (χ0v) is 24.5. The van der Waals surface area contributed by atoms with Gasteiger partial charge in [0.25, 0.3) is 10.1 Å². The number of nitrogens with zero attached hydrogens (tertiary/aromatic N) is 5. The van der Waals surface area contributed by atoms with E-state index in [1.54, 1.807) is 29.4 Å². The molecular formula is C32H32N6O4S. The molecule has 2 amide bonds. The van der Waals surface area contributed by atoms with Gasteiger partial charge in [-0.1, -0.05) is 48.5 Å². The molecule has 11 heteroatoms. The van der Waals surface area contributed by atoms with Crippen LogP contribution in [-0.2, 0) is 20.9 Å². The van der Waals surface area contributed by atoms with Crippen LogP contribution in [0.1, 0.15) is 36.8 Å². The van der Waals surface area contributed by atoms with Gasteiger partial charge in [0.1, 0.15) is 11.9 Å². The number of hydroxylamine groups is 2. The lowest BCUT2D eigenvalue weighted by atomic mass is 9.89. The zero-order chi connectivity index (χ0) is 30.2. The zero-order valence-electron chi connectivity index (χ0n) is 23.7. The van der Waals surface area contributed by atoms with Gasteiger partial charge < -0.3 is 5.32 Å². The Morgan fingerprint density at radius 2 is 1.70 bits per heavy atom. The first-order chi connectivity index (χ1) is 20.8. The van der Waals surface area contributed by atoms with Crippen LogP contribution in [0.25, 0.3) is 11.1 Å². The molecule has 4 aromatic rings. The molecular weight excluding hydrogens is 564 g/mol. The van der Waals surface area contributed by atoms with Crippen LogP contribution in [0.15, 0.2) is 97.5 Å². The van der Waals surface area contributed by atoms with Gasteiger partial charge in [0.15, 0.2) is 0 Å². The molecule has 1 aliphatic rings. The average molecular weight is 597 g/mol. The smallest absolute Gasteiger partial charge is 0.350 e. The molecule has 0 spiro atoms. The van der Waals surface area contributed by atoms with Crippen molar-refractivity contribution in [3.8, 4) is 17.2 Å². The normalized spacial score (nSPS) is 16.6. The maximum atomic E-state index is 14.2. The van der Waals surface area contributed by atoms with Gasteiger partial charge in [0, 0.05) is 36.4 Å². The molecule has 0 aliphatic heterocycles. The lowest BCUT2D eigenvalue weighted by Crippen LogP contribution is -2.50. The van der Waals surface area contributed by atoms with E-state index in [9.17, 15) is 13.2 Å². The van der Waals surface area contributed by atoms with Gasteiger partial charge in [0.05, 0.1) is 18.4 Å². The van der Waals surface area contributed by atoms with Crippen molar-refractivity contribution in [1.29, 1.82) is 5.26 Å². The lowest BCUT2D eigenvalue weighted by molar-refractivity contribution is -0.0106. The van der Waals surface area contributed by atoms with Gasteiger partial charge in [-0.05, 0) is 72.7 Å². The highest BCUT2D eigenvalue weighted by Crippen LogP contribution is 2.32. The standard InChI is InChI=1S/C32H32N6O4S/c1-43(40,41)42-37(23-24-6-3-2-4-7-24)32(39)38(29-14-10-26(11-15-29)27-8-5-19-34-22-27)30-16-12-28(13-17-30)36-31-18-9-25(20-33)21-35-31/h2-11,14-15,18-19,21-22,28,30H,12-13,16-17,23H2,1H3,(H,35,36). The second-order valence-electron chi connectivity index (χ2n) is 10.4. The summed E-state index contributed by atoms with van der Waals surface area (Å²) >= 11 is 0. The van der Waals surface area contributed by atoms with Gasteiger partial charge in [-0.3, -0.25) is 9.88 Å². The summed E-state index contributed by atoms with van der Waals surface area (Å²) < 4.78 is 29.8. The summed E-state index contributed by atoms with van der Waals surface area (Å²) in [5, 5.41) is 13.4. The number of aromatic nitrogens is 2. The van der Waals surface area contributed by atoms with E-state index in [4.69, 9.17) is 9.55 Å². The lowest BCUT2D eigenvalue weighted by Gasteiger charge is -2.39. The Bertz CT molecular complexity index is 1650. The molecule has 2 heterocycles. The van der Waals surface area contributed by atoms with Crippen molar-refractivity contribution in [2.24, 2.45) is 0 Å². The first-order valence-electron chi connectivity index (χ1n) is 14.0. The molecule has 0 saturated heterocycles. The summed E-state index contributed by atoms with van der Waals surface area (Å²) in [4.78, 5) is 24.4. The second kappa shape index (κ2) is 13.5. The van der Waals surface area contributed by atoms with E-state index in [0.717, 1.165) is 40.9 Å². The summed E-state index contributed by atoms with van der Waals surface area (Å²) in [5.41, 5.74) is 3.75. The number of nitriles is 1. The van der Waals surface area contributed by atoms with Crippen LogP contribution in [0.2, 0.25) is 0 Å². The van der Waals surface area contributed by atoms with Gasteiger partial charge in [-0.2, -0.15) is 18.7 Å². The molecule has 1 fully saturated rings. The third-order valence-electron chi connectivity index (χ3n) is 7.26. The van der Waals surface area contributed by atoms with Crippen molar-refractivity contribution in [2.75, 3.05) is 16.5 Å². The maximum absolute atomic E-state index is 14.2. The number of carbonyl (C=O) groups is 1. The molecule has 0 atom stereocenters. The molecule has 43 heavy (non-hydrogen) atoms. The van der Waals surface area contributed by atoms with Crippen LogP contribution in [0.5, 0.6) is 0 Å². The van der Waals surface area contributed by atoms with E-state index in [1.807, 2.05) is 66.7 Å². The Hall–Kier alpha value is -4.79. The highest BCUT2D eigenvalue weighted by molar-refractivity contribution is 7.85. The molecule has 0 radical (unpaired) electrons. The minimum Gasteiger partial charge on any atom is -0.367 e. The predicted molar refractivity (Wildman–Crippen MR) is 164 cm³/mol. The van der Waals surface area contributed by atoms with Crippen LogP contribution >= 0.6 is 0 Å². The Balaban J connectivity index is 1.40. The highest BCUT2D eigenvalue weighted by Gasteiger charge is 2.34. The third-order valence-corrected chi connectivity index (χ3v) is 7.71. The summed E-state index contributed by atoms with van der Waals surface area (Å²) in [6.07, 6.45) is 8.81. The number of pyridine rings is 2. The van der Waals surface area contributed by atoms with Gasteiger partial charge in [0.2, 0.25) is 0 Å². The SMILES string of the molecule is CS(=O)(=O)ON(Cc1ccccc1)C(=O)N(c1ccc(-c2cccnc2)cc1)C1CCC(Nc2ccc(C#N)cn2)CC1. The van der Waals surface area contributed by atoms with Crippen LogP contribution in [-0.4, -0.2) is 47.8 Å². The quantitative estimate of drug-likeness (QED) is 0.242. The first kappa shape index (κ1) is 29.7. The monoisotopic (exact) mass is 596 g/mol. The van der Waals surface area contributed by atoms with Crippen molar-refractivity contribution in [1.82, 2.24) is 15.0 Å². The Morgan fingerprint density at radius 3 is 2.30 bits per heavy atom. The highest BCUT2D eigenvalue weighted by atomic mass is 32.2. The number of anilines is 2. The summed E-state index contributed by atoms with van der Waals surface area (Å²) in [6, 6.07) is 25.5. The van der Waals surface area contributed by atoms with E-state index in [-0.39, 0.29) is 18.6 Å². The van der Waals surface area contributed by atoms with Crippen molar-refractivity contribution in [2.45, 2.75) is 44.3 Å². The van der Waals surface area contributed by atoms with E-state index >= 15 is 0 Å². The van der Waals surface area contributed by atoms with E-state index < -0.39 is 16.1 Å². The molecule has 1 N–H and O–H groups in total. The Morgan fingerprint density at radius 1 is 0.953 bits per heavy atom. The van der Waals surface area contributed by atoms with Crippen molar-refractivity contribution < 1.29 is 17.5 Å². The van der Waals surface area contributed by atoms with Crippen molar-refractivity contribution in [3.05, 3.63) is 109 Å². The van der Waals surface area contributed by atoms with Crippen LogP contribution in [0.4, 0.5) is 16.3 Å². The molecule has 2 aromatic carbocycles. The minimum atomic E-state index is -3.99. The number of rotatable bonds is 9. The molecule has 5 rings (SSSR count). The summed E-state index contributed by atoms with van der Waals surface area (Å²) in [5.74, 6) is 0.692. The van der Waals surface area contributed by atoms with Gasteiger partial charge in [-0.25, -0.2) is 9.78 Å². The minimum absolute atomic E-state index is 0.0434. The fourth-order valence-electron chi connectivity index (χ4n) is 5.22. The number of benzene rings is 2. The number of carbonyl (C=O) groups excluding carboxylic acids is 1. The average Bonchev–Trinajstić information content (AvgIpc) is 3.03. The fourth-order valence-corrected chi connectivity index (χ4v) is 5.66. The number of hydrogen-bond donors (Lipinski definition) is 1. The number of hydrogen-bond acceptors (Lipinski definition) is 8. The Labute approximate surface area is 251 Å². The molecule has 1 saturated carbocycles. The van der Waals surface area contributed by atoms with Crippen LogP contribution < -0.4 is 10.2 Å². The van der Waals surface area contributed by atoms with Gasteiger partial charge >= 0.3 is 6.03 Å². The van der Waals surface area contributed by atoms with Crippen LogP contribution in [0.3, 0.4) is 0 Å². The predicted octanol–water partition coefficient (Wildman–Crippen LogP) is 5.76. The number of amides is 2. The molecule has 0 bridgehead atoms. The third kappa shape index (κ3) is 7.94. The van der Waals surface area contributed by atoms with Crippen molar-refractivity contribution in [3.63, 3.8) is 0 Å². The Kier molecular flexibility index (Phi) is 9.29. The molecule has 1 aliphatic carbocycles. The topological polar surface area (TPSA) is 129 Å². The fraction of sp³-hybridized carbons (Fsp3) is 0.250. The van der Waals surface area contributed by atoms with Gasteiger partial charge in [-0.15, -0.1) is 4.28 Å². The maximum Gasteiger partial charge on any atom is 0.350 e. The molecule has 10 nitrogen and oxygen atoms in total. The number of urea groups is 1. The van der Waals surface area contributed by atoms with E-state index in [1.165, 1.54) is 6.20 Å². The largest absolute Gasteiger partial charge is 0.367 e. The molecule has 0 unspecified atom stereocenters. The van der Waals surface area contributed by atoms with E-state index in [2.05, 4.69) is 21.4 Å². The van der Waals surface area contributed by atoms with Crippen molar-refractivity contribution >= 4 is 27.7 Å². The molecule has 2 aromatic heterocycles. The first-order valence-corrected chi connectivity index (χ1v) is 15.8. The summed E-state index contributed by atoms with van der Waals surface area (Å²) in [6.45, 7) is -0.0434. The second-order valence-corrected chi connectivity index (χ2v) is 12.0. The van der Waals surface area contributed by atoms with E-state index in [0.29, 0.717) is 29.9 Å². The molecule has 220 valence electrons. The number of nitrogens with one attached hydrogen (secondary N) is 1. The van der Waals surface area contributed by atoms with Crippen LogP contribution in [0, 0.1) is 11.3 Å². The summed E-state index contributed by atoms with van der Waals surface area (Å²) in [7, 11) is -3.99.